The van der Waals surface area contributed by atoms with Crippen LogP contribution in [-0.4, -0.2) is 140 Å². The maximum atomic E-state index is 8.96. The first kappa shape index (κ1) is 24.7. The quantitative estimate of drug-likeness (QED) is 0.231. The van der Waals surface area contributed by atoms with E-state index >= 15 is 0 Å². The number of epoxide rings is 5. The second kappa shape index (κ2) is 13.4. The molecule has 0 spiro atoms. The molecule has 5 rings (SSSR count). The molecule has 0 radical (unpaired) electrons. The average molecular weight is 465 g/mol. The van der Waals surface area contributed by atoms with Crippen LogP contribution in [0.2, 0.25) is 0 Å². The van der Waals surface area contributed by atoms with Crippen LogP contribution in [0.4, 0.5) is 0 Å². The molecule has 6 unspecified atom stereocenters. The minimum Gasteiger partial charge on any atom is -0.394 e. The van der Waals surface area contributed by atoms with Crippen molar-refractivity contribution in [2.75, 3.05) is 92.5 Å². The van der Waals surface area contributed by atoms with Gasteiger partial charge in [0.25, 0.3) is 0 Å². The Kier molecular flexibility index (Phi) is 10.4. The number of hydrogen-bond acceptors (Lipinski definition) is 11. The molecule has 0 bridgehead atoms. The maximum Gasteiger partial charge on any atom is 0.104 e. The van der Waals surface area contributed by atoms with Crippen LogP contribution in [0.1, 0.15) is 0 Å². The van der Waals surface area contributed by atoms with Crippen molar-refractivity contribution in [1.29, 1.82) is 0 Å². The summed E-state index contributed by atoms with van der Waals surface area (Å²) in [7, 11) is 0. The number of hydrogen-bond donors (Lipinski definition) is 1. The molecule has 5 fully saturated rings. The Morgan fingerprint density at radius 3 is 1.19 bits per heavy atom. The lowest BCUT2D eigenvalue weighted by Gasteiger charge is -2.17. The number of rotatable bonds is 19. The fraction of sp³-hybridized carbons (Fsp3) is 1.00. The number of aliphatic hydroxyl groups is 1. The zero-order chi connectivity index (χ0) is 22.0. The van der Waals surface area contributed by atoms with Gasteiger partial charge in [-0.15, -0.1) is 0 Å². The second-order valence-corrected chi connectivity index (χ2v) is 8.48. The molecule has 5 aliphatic heterocycles. The third kappa shape index (κ3) is 12.1. The Balaban J connectivity index is 0.000000158. The summed E-state index contributed by atoms with van der Waals surface area (Å²) in [6.45, 7) is 8.55. The van der Waals surface area contributed by atoms with Crippen LogP contribution in [0.25, 0.3) is 0 Å². The number of ether oxygens (including phenoxy) is 10. The van der Waals surface area contributed by atoms with Gasteiger partial charge < -0.3 is 52.5 Å². The van der Waals surface area contributed by atoms with Gasteiger partial charge in [0.15, 0.2) is 0 Å². The average Bonchev–Trinajstić information content (AvgIpc) is 3.63. The number of aliphatic hydroxyl groups excluding tert-OH is 1. The molecule has 0 aromatic rings. The van der Waals surface area contributed by atoms with Gasteiger partial charge in [-0.1, -0.05) is 0 Å². The van der Waals surface area contributed by atoms with E-state index in [1.54, 1.807) is 0 Å². The zero-order valence-electron chi connectivity index (χ0n) is 18.5. The summed E-state index contributed by atoms with van der Waals surface area (Å²) in [5.74, 6) is 0. The van der Waals surface area contributed by atoms with E-state index in [2.05, 4.69) is 0 Å². The first-order valence-corrected chi connectivity index (χ1v) is 11.4. The highest BCUT2D eigenvalue weighted by Crippen LogP contribution is 2.14. The molecule has 0 saturated carbocycles. The van der Waals surface area contributed by atoms with E-state index in [0.29, 0.717) is 52.9 Å². The standard InChI is InChI=1S/C12H20O6.C9H16O5/c1(13-3-10-5-16-10)9(15-7-12-8-18-12)2-14-4-11-6-17-11;10-1-7(12-5-9-6-14-9)2-11-3-8-4-13-8/h9-12H,1-8H2;7-10H,1-6H2. The van der Waals surface area contributed by atoms with Crippen molar-refractivity contribution in [3.05, 3.63) is 0 Å². The van der Waals surface area contributed by atoms with Crippen molar-refractivity contribution in [1.82, 2.24) is 0 Å². The van der Waals surface area contributed by atoms with E-state index in [4.69, 9.17) is 52.5 Å². The van der Waals surface area contributed by atoms with Gasteiger partial charge in [-0.3, -0.25) is 0 Å². The molecule has 186 valence electrons. The van der Waals surface area contributed by atoms with E-state index in [0.717, 1.165) is 33.0 Å². The van der Waals surface area contributed by atoms with E-state index in [-0.39, 0.29) is 49.3 Å². The second-order valence-electron chi connectivity index (χ2n) is 8.48. The summed E-state index contributed by atoms with van der Waals surface area (Å²) >= 11 is 0. The van der Waals surface area contributed by atoms with Gasteiger partial charge in [-0.05, 0) is 0 Å². The summed E-state index contributed by atoms with van der Waals surface area (Å²) in [6.07, 6.45) is 1.07. The molecular weight excluding hydrogens is 428 g/mol. The molecule has 1 N–H and O–H groups in total. The van der Waals surface area contributed by atoms with E-state index in [1.165, 1.54) is 0 Å². The summed E-state index contributed by atoms with van der Waals surface area (Å²) in [6, 6.07) is 0. The predicted octanol–water partition coefficient (Wildman–Crippen LogP) is -1.22. The van der Waals surface area contributed by atoms with Gasteiger partial charge in [0, 0.05) is 0 Å². The van der Waals surface area contributed by atoms with Gasteiger partial charge in [0.05, 0.1) is 92.5 Å². The van der Waals surface area contributed by atoms with Crippen LogP contribution < -0.4 is 0 Å². The van der Waals surface area contributed by atoms with Crippen LogP contribution in [0.5, 0.6) is 0 Å². The molecule has 0 aromatic carbocycles. The Morgan fingerprint density at radius 1 is 0.531 bits per heavy atom. The van der Waals surface area contributed by atoms with Gasteiger partial charge in [0.1, 0.15) is 42.7 Å². The fourth-order valence-corrected chi connectivity index (χ4v) is 2.60. The smallest absolute Gasteiger partial charge is 0.104 e. The van der Waals surface area contributed by atoms with Crippen LogP contribution in [-0.2, 0) is 47.4 Å². The molecule has 6 atom stereocenters. The van der Waals surface area contributed by atoms with Crippen LogP contribution >= 0.6 is 0 Å². The van der Waals surface area contributed by atoms with Crippen molar-refractivity contribution in [3.8, 4) is 0 Å². The van der Waals surface area contributed by atoms with E-state index < -0.39 is 0 Å². The predicted molar refractivity (Wildman–Crippen MR) is 108 cm³/mol. The molecule has 0 amide bonds. The molecule has 5 saturated heterocycles. The molecule has 11 nitrogen and oxygen atoms in total. The SMILES string of the molecule is C(OCC1CO1)C(COCC1CO1)OCC1CO1.OCC(COCC1CO1)OCC1CO1. The Labute approximate surface area is 188 Å². The molecule has 5 heterocycles. The highest BCUT2D eigenvalue weighted by Gasteiger charge is 2.28. The molecule has 5 aliphatic rings. The lowest BCUT2D eigenvalue weighted by Crippen LogP contribution is -2.28. The van der Waals surface area contributed by atoms with Gasteiger partial charge >= 0.3 is 0 Å². The normalized spacial score (nSPS) is 33.1. The van der Waals surface area contributed by atoms with Gasteiger partial charge in [-0.2, -0.15) is 0 Å². The lowest BCUT2D eigenvalue weighted by atomic mass is 10.4. The Morgan fingerprint density at radius 2 is 0.844 bits per heavy atom. The van der Waals surface area contributed by atoms with E-state index in [9.17, 15) is 0 Å². The highest BCUT2D eigenvalue weighted by atomic mass is 16.6. The van der Waals surface area contributed by atoms with Gasteiger partial charge in [0.2, 0.25) is 0 Å². The van der Waals surface area contributed by atoms with Crippen molar-refractivity contribution in [2.24, 2.45) is 0 Å². The lowest BCUT2D eigenvalue weighted by molar-refractivity contribution is -0.0661. The molecular formula is C21H36O11. The Bertz CT molecular complexity index is 486. The van der Waals surface area contributed by atoms with Crippen molar-refractivity contribution >= 4 is 0 Å². The first-order chi connectivity index (χ1) is 15.8. The molecule has 0 aliphatic carbocycles. The zero-order valence-corrected chi connectivity index (χ0v) is 18.5. The summed E-state index contributed by atoms with van der Waals surface area (Å²) in [5, 5.41) is 8.96. The minimum atomic E-state index is -0.238. The van der Waals surface area contributed by atoms with Crippen LogP contribution in [0.3, 0.4) is 0 Å². The fourth-order valence-electron chi connectivity index (χ4n) is 2.60. The van der Waals surface area contributed by atoms with Crippen molar-refractivity contribution in [3.63, 3.8) is 0 Å². The molecule has 11 heteroatoms. The van der Waals surface area contributed by atoms with Crippen LogP contribution in [0.15, 0.2) is 0 Å². The third-order valence-corrected chi connectivity index (χ3v) is 5.07. The summed E-state index contributed by atoms with van der Waals surface area (Å²) < 4.78 is 52.8. The third-order valence-electron chi connectivity index (χ3n) is 5.07. The minimum absolute atomic E-state index is 0.0156. The Hall–Kier alpha value is -0.440. The summed E-state index contributed by atoms with van der Waals surface area (Å²) in [4.78, 5) is 0. The monoisotopic (exact) mass is 464 g/mol. The van der Waals surface area contributed by atoms with Crippen molar-refractivity contribution in [2.45, 2.75) is 42.7 Å². The highest BCUT2D eigenvalue weighted by molar-refractivity contribution is 4.72. The van der Waals surface area contributed by atoms with Crippen molar-refractivity contribution < 1.29 is 52.5 Å². The van der Waals surface area contributed by atoms with E-state index in [1.807, 2.05) is 0 Å². The largest absolute Gasteiger partial charge is 0.394 e. The van der Waals surface area contributed by atoms with Crippen LogP contribution in [0, 0.1) is 0 Å². The van der Waals surface area contributed by atoms with Gasteiger partial charge in [-0.25, -0.2) is 0 Å². The molecule has 0 aromatic heterocycles. The topological polar surface area (TPSA) is 129 Å². The first-order valence-electron chi connectivity index (χ1n) is 11.4. The maximum absolute atomic E-state index is 8.96. The summed E-state index contributed by atoms with van der Waals surface area (Å²) in [5.41, 5.74) is 0. The molecule has 32 heavy (non-hydrogen) atoms.